The molecule has 3 unspecified atom stereocenters. The van der Waals surface area contributed by atoms with E-state index < -0.39 is 0 Å². The number of hydrogen-bond donors (Lipinski definition) is 4. The molecule has 184 valence electrons. The van der Waals surface area contributed by atoms with Gasteiger partial charge in [-0.05, 0) is 25.8 Å². The van der Waals surface area contributed by atoms with Crippen molar-refractivity contribution in [3.63, 3.8) is 0 Å². The second-order valence-electron chi connectivity index (χ2n) is 5.36. The van der Waals surface area contributed by atoms with Gasteiger partial charge in [0.1, 0.15) is 0 Å². The SMILES string of the molecule is CC.CC.CC.CC.CC.NCCCNC(=O)CCCCC1SCC2NC(=O)NC21. The van der Waals surface area contributed by atoms with Gasteiger partial charge in [0.05, 0.1) is 12.1 Å². The van der Waals surface area contributed by atoms with E-state index in [0.717, 1.165) is 31.4 Å². The topological polar surface area (TPSA) is 96.2 Å². The van der Waals surface area contributed by atoms with Gasteiger partial charge in [0.15, 0.2) is 0 Å². The number of rotatable bonds is 8. The summed E-state index contributed by atoms with van der Waals surface area (Å²) in [4.78, 5) is 22.8. The normalized spacial score (nSPS) is 19.6. The molecule has 2 fully saturated rings. The maximum absolute atomic E-state index is 11.5. The molecule has 3 amide bonds. The van der Waals surface area contributed by atoms with Crippen LogP contribution in [-0.4, -0.2) is 48.1 Å². The molecule has 0 bridgehead atoms. The van der Waals surface area contributed by atoms with Gasteiger partial charge in [0, 0.05) is 24.0 Å². The Hall–Kier alpha value is -0.950. The van der Waals surface area contributed by atoms with Crippen molar-refractivity contribution in [2.45, 2.75) is 119 Å². The quantitative estimate of drug-likeness (QED) is 0.298. The summed E-state index contributed by atoms with van der Waals surface area (Å²) in [5.74, 6) is 1.11. The van der Waals surface area contributed by atoms with Crippen molar-refractivity contribution in [2.75, 3.05) is 18.8 Å². The highest BCUT2D eigenvalue weighted by atomic mass is 32.2. The smallest absolute Gasteiger partial charge is 0.315 e. The van der Waals surface area contributed by atoms with Crippen LogP contribution in [0.4, 0.5) is 4.79 Å². The summed E-state index contributed by atoms with van der Waals surface area (Å²) in [6, 6.07) is 0.521. The van der Waals surface area contributed by atoms with Gasteiger partial charge in [0.25, 0.3) is 0 Å². The third kappa shape index (κ3) is 17.9. The summed E-state index contributed by atoms with van der Waals surface area (Å²) in [6.07, 6.45) is 4.41. The number of amides is 3. The molecule has 5 N–H and O–H groups in total. The van der Waals surface area contributed by atoms with Gasteiger partial charge in [-0.2, -0.15) is 11.8 Å². The molecule has 2 heterocycles. The van der Waals surface area contributed by atoms with E-state index in [4.69, 9.17) is 5.73 Å². The molecule has 2 aliphatic rings. The Morgan fingerprint density at radius 1 is 0.967 bits per heavy atom. The molecule has 0 radical (unpaired) electrons. The number of carbonyl (C=O) groups is 2. The lowest BCUT2D eigenvalue weighted by atomic mass is 10.0. The van der Waals surface area contributed by atoms with Crippen LogP contribution in [-0.2, 0) is 4.79 Å². The highest BCUT2D eigenvalue weighted by Crippen LogP contribution is 2.33. The van der Waals surface area contributed by atoms with Crippen molar-refractivity contribution < 1.29 is 9.59 Å². The lowest BCUT2D eigenvalue weighted by Gasteiger charge is -2.16. The van der Waals surface area contributed by atoms with Crippen LogP contribution in [0, 0.1) is 0 Å². The summed E-state index contributed by atoms with van der Waals surface area (Å²) in [6.45, 7) is 21.3. The second kappa shape index (κ2) is 30.2. The summed E-state index contributed by atoms with van der Waals surface area (Å²) < 4.78 is 0. The Morgan fingerprint density at radius 2 is 1.53 bits per heavy atom. The zero-order valence-corrected chi connectivity index (χ0v) is 22.5. The molecule has 30 heavy (non-hydrogen) atoms. The predicted octanol–water partition coefficient (Wildman–Crippen LogP) is 5.31. The second-order valence-corrected chi connectivity index (χ2v) is 6.63. The molecule has 2 rings (SSSR count). The summed E-state index contributed by atoms with van der Waals surface area (Å²) in [5.41, 5.74) is 5.37. The predicted molar refractivity (Wildman–Crippen MR) is 137 cm³/mol. The molecule has 0 aromatic carbocycles. The Kier molecular flexibility index (Phi) is 36.7. The van der Waals surface area contributed by atoms with E-state index in [2.05, 4.69) is 16.0 Å². The fourth-order valence-electron chi connectivity index (χ4n) is 2.69. The average Bonchev–Trinajstić information content (AvgIpc) is 3.37. The molecule has 7 heteroatoms. The van der Waals surface area contributed by atoms with Crippen LogP contribution in [0.1, 0.15) is 101 Å². The van der Waals surface area contributed by atoms with E-state index in [0.29, 0.717) is 24.8 Å². The molecule has 2 saturated heterocycles. The number of thioether (sulfide) groups is 1. The Balaban J connectivity index is -0.000000296. The van der Waals surface area contributed by atoms with E-state index in [1.54, 1.807) is 0 Å². The molecule has 0 aromatic heterocycles. The van der Waals surface area contributed by atoms with Gasteiger partial charge in [-0.1, -0.05) is 75.7 Å². The van der Waals surface area contributed by atoms with Crippen LogP contribution >= 0.6 is 11.8 Å². The number of hydrogen-bond acceptors (Lipinski definition) is 4. The first-order valence-electron chi connectivity index (χ1n) is 12.4. The minimum atomic E-state index is -0.0374. The van der Waals surface area contributed by atoms with Crippen LogP contribution in [0.15, 0.2) is 0 Å². The van der Waals surface area contributed by atoms with Gasteiger partial charge in [0.2, 0.25) is 5.91 Å². The van der Waals surface area contributed by atoms with E-state index in [9.17, 15) is 9.59 Å². The van der Waals surface area contributed by atoms with Crippen LogP contribution in [0.25, 0.3) is 0 Å². The number of fused-ring (bicyclic) bond motifs is 1. The summed E-state index contributed by atoms with van der Waals surface area (Å²) in [7, 11) is 0. The first kappa shape index (κ1) is 36.4. The van der Waals surface area contributed by atoms with Crippen LogP contribution in [0.3, 0.4) is 0 Å². The molecule has 0 aromatic rings. The third-order valence-electron chi connectivity index (χ3n) is 3.78. The molecule has 3 atom stereocenters. The molecule has 0 aliphatic carbocycles. The lowest BCUT2D eigenvalue weighted by molar-refractivity contribution is -0.121. The third-order valence-corrected chi connectivity index (χ3v) is 5.29. The van der Waals surface area contributed by atoms with E-state index in [1.165, 1.54) is 0 Å². The van der Waals surface area contributed by atoms with Crippen molar-refractivity contribution in [1.82, 2.24) is 16.0 Å². The van der Waals surface area contributed by atoms with E-state index >= 15 is 0 Å². The highest BCUT2D eigenvalue weighted by molar-refractivity contribution is 8.00. The van der Waals surface area contributed by atoms with Crippen LogP contribution < -0.4 is 21.7 Å². The standard InChI is InChI=1S/C13H24N4O2S.5C2H6/c14-6-3-7-15-11(18)5-2-1-4-10-12-9(8-20-10)16-13(19)17-12;5*1-2/h9-10,12H,1-8,14H2,(H,15,18)(H2,16,17,19);5*1-2H3. The first-order chi connectivity index (χ1) is 14.7. The summed E-state index contributed by atoms with van der Waals surface area (Å²) >= 11 is 1.92. The fraction of sp³-hybridized carbons (Fsp3) is 0.913. The van der Waals surface area contributed by atoms with Gasteiger partial charge in [-0.25, -0.2) is 4.79 Å². The highest BCUT2D eigenvalue weighted by Gasteiger charge is 2.42. The Bertz CT molecular complexity index is 358. The molecule has 0 spiro atoms. The van der Waals surface area contributed by atoms with Gasteiger partial charge < -0.3 is 21.7 Å². The van der Waals surface area contributed by atoms with Gasteiger partial charge in [-0.3, -0.25) is 4.79 Å². The number of nitrogens with one attached hydrogen (secondary N) is 3. The number of urea groups is 1. The van der Waals surface area contributed by atoms with Crippen molar-refractivity contribution >= 4 is 23.7 Å². The Labute approximate surface area is 192 Å². The maximum atomic E-state index is 11.5. The number of unbranched alkanes of at least 4 members (excludes halogenated alkanes) is 1. The Morgan fingerprint density at radius 3 is 2.07 bits per heavy atom. The van der Waals surface area contributed by atoms with Crippen LogP contribution in [0.5, 0.6) is 0 Å². The number of nitrogens with two attached hydrogens (primary N) is 1. The fourth-order valence-corrected chi connectivity index (χ4v) is 4.24. The molecule has 6 nitrogen and oxygen atoms in total. The molecular weight excluding hydrogens is 396 g/mol. The van der Waals surface area contributed by atoms with Crippen molar-refractivity contribution in [2.24, 2.45) is 5.73 Å². The lowest BCUT2D eigenvalue weighted by Crippen LogP contribution is -2.36. The zero-order valence-electron chi connectivity index (χ0n) is 21.7. The minimum Gasteiger partial charge on any atom is -0.356 e. The molecule has 2 aliphatic heterocycles. The monoisotopic (exact) mass is 450 g/mol. The average molecular weight is 451 g/mol. The zero-order chi connectivity index (χ0) is 24.4. The number of carbonyl (C=O) groups excluding carboxylic acids is 2. The van der Waals surface area contributed by atoms with Crippen molar-refractivity contribution in [3.05, 3.63) is 0 Å². The largest absolute Gasteiger partial charge is 0.356 e. The molecule has 0 saturated carbocycles. The van der Waals surface area contributed by atoms with Crippen molar-refractivity contribution in [3.8, 4) is 0 Å². The van der Waals surface area contributed by atoms with Crippen molar-refractivity contribution in [1.29, 1.82) is 0 Å². The first-order valence-corrected chi connectivity index (χ1v) is 13.4. The van der Waals surface area contributed by atoms with E-state index in [-0.39, 0.29) is 24.0 Å². The van der Waals surface area contributed by atoms with Crippen LogP contribution in [0.2, 0.25) is 0 Å². The minimum absolute atomic E-state index is 0.0374. The maximum Gasteiger partial charge on any atom is 0.315 e. The summed E-state index contributed by atoms with van der Waals surface area (Å²) in [5, 5.41) is 9.27. The van der Waals surface area contributed by atoms with Gasteiger partial charge >= 0.3 is 6.03 Å². The van der Waals surface area contributed by atoms with Gasteiger partial charge in [-0.15, -0.1) is 0 Å². The molecular formula is C23H54N4O2S. The van der Waals surface area contributed by atoms with E-state index in [1.807, 2.05) is 81.0 Å².